The average Bonchev–Trinajstić information content (AvgIpc) is 3.01. The summed E-state index contributed by atoms with van der Waals surface area (Å²) in [6, 6.07) is 6.72. The Balaban J connectivity index is 1.57. The first-order valence-electron chi connectivity index (χ1n) is 9.01. The Morgan fingerprint density at radius 1 is 1.29 bits per heavy atom. The first-order chi connectivity index (χ1) is 11.6. The molecule has 0 aliphatic heterocycles. The molecule has 3 rings (SSSR count). The van der Waals surface area contributed by atoms with E-state index < -0.39 is 0 Å². The third-order valence-corrected chi connectivity index (χ3v) is 5.55. The van der Waals surface area contributed by atoms with E-state index in [1.165, 1.54) is 16.5 Å². The van der Waals surface area contributed by atoms with Crippen molar-refractivity contribution in [3.63, 3.8) is 0 Å². The topological polar surface area (TPSA) is 56.3 Å². The molecule has 1 fully saturated rings. The van der Waals surface area contributed by atoms with Crippen LogP contribution in [0.5, 0.6) is 0 Å². The molecule has 2 N–H and O–H groups in total. The largest absolute Gasteiger partial charge is 0.396 e. The van der Waals surface area contributed by atoms with Gasteiger partial charge in [0.15, 0.2) is 0 Å². The second-order valence-electron chi connectivity index (χ2n) is 7.22. The van der Waals surface area contributed by atoms with E-state index in [9.17, 15) is 9.90 Å². The summed E-state index contributed by atoms with van der Waals surface area (Å²) in [5, 5.41) is 10.5. The van der Waals surface area contributed by atoms with E-state index in [2.05, 4.69) is 30.1 Å². The van der Waals surface area contributed by atoms with Crippen LogP contribution in [0.3, 0.4) is 0 Å². The molecule has 1 aromatic carbocycles. The van der Waals surface area contributed by atoms with Crippen LogP contribution in [-0.2, 0) is 11.2 Å². The number of fused-ring (bicyclic) bond motifs is 1. The summed E-state index contributed by atoms with van der Waals surface area (Å²) in [6.45, 7) is 2.38. The van der Waals surface area contributed by atoms with E-state index in [0.717, 1.165) is 37.6 Å². The van der Waals surface area contributed by atoms with E-state index >= 15 is 0 Å². The zero-order valence-corrected chi connectivity index (χ0v) is 14.7. The molecule has 4 nitrogen and oxygen atoms in total. The molecule has 1 aliphatic carbocycles. The molecule has 4 heteroatoms. The number of carbonyl (C=O) groups is 1. The standard InChI is InChI=1S/C20H28N2O2/c1-14-3-9-19-18(11-14)16(12-21-19)6-10-20(24)22(2)17-7-4-15(13-23)5-8-17/h3,9,11-12,15,17,21,23H,4-8,10,13H2,1-2H3. The molecule has 1 aromatic heterocycles. The number of H-pyrrole nitrogens is 1. The second-order valence-corrected chi connectivity index (χ2v) is 7.22. The Labute approximate surface area is 143 Å². The maximum absolute atomic E-state index is 12.6. The van der Waals surface area contributed by atoms with Gasteiger partial charge in [0.25, 0.3) is 0 Å². The number of aryl methyl sites for hydroxylation is 2. The van der Waals surface area contributed by atoms with Gasteiger partial charge < -0.3 is 15.0 Å². The third-order valence-electron chi connectivity index (χ3n) is 5.55. The van der Waals surface area contributed by atoms with Gasteiger partial charge in [-0.3, -0.25) is 4.79 Å². The van der Waals surface area contributed by atoms with E-state index in [-0.39, 0.29) is 12.5 Å². The number of hydrogen-bond donors (Lipinski definition) is 2. The summed E-state index contributed by atoms with van der Waals surface area (Å²) in [5.41, 5.74) is 3.60. The van der Waals surface area contributed by atoms with Gasteiger partial charge >= 0.3 is 0 Å². The van der Waals surface area contributed by atoms with Crippen LogP contribution < -0.4 is 0 Å². The number of amides is 1. The lowest BCUT2D eigenvalue weighted by Crippen LogP contribution is -2.39. The van der Waals surface area contributed by atoms with Gasteiger partial charge in [0.1, 0.15) is 0 Å². The number of carbonyl (C=O) groups excluding carboxylic acids is 1. The zero-order chi connectivity index (χ0) is 17.1. The fourth-order valence-corrected chi connectivity index (χ4v) is 3.84. The molecule has 0 atom stereocenters. The predicted molar refractivity (Wildman–Crippen MR) is 97.0 cm³/mol. The number of nitrogens with one attached hydrogen (secondary N) is 1. The Hall–Kier alpha value is -1.81. The number of aromatic nitrogens is 1. The summed E-state index contributed by atoms with van der Waals surface area (Å²) in [5.74, 6) is 0.656. The highest BCUT2D eigenvalue weighted by Crippen LogP contribution is 2.27. The van der Waals surface area contributed by atoms with Crippen LogP contribution in [-0.4, -0.2) is 40.6 Å². The molecular weight excluding hydrogens is 300 g/mol. The molecular formula is C20H28N2O2. The first kappa shape index (κ1) is 17.0. The van der Waals surface area contributed by atoms with Crippen LogP contribution in [0.15, 0.2) is 24.4 Å². The Morgan fingerprint density at radius 2 is 2.04 bits per heavy atom. The van der Waals surface area contributed by atoms with Crippen LogP contribution in [0.4, 0.5) is 0 Å². The van der Waals surface area contributed by atoms with Crippen LogP contribution in [0.1, 0.15) is 43.2 Å². The summed E-state index contributed by atoms with van der Waals surface area (Å²) in [6.07, 6.45) is 7.44. The van der Waals surface area contributed by atoms with Gasteiger partial charge in [-0.1, -0.05) is 11.6 Å². The number of aliphatic hydroxyl groups is 1. The highest BCUT2D eigenvalue weighted by atomic mass is 16.3. The Kier molecular flexibility index (Phi) is 5.24. The molecule has 24 heavy (non-hydrogen) atoms. The Morgan fingerprint density at radius 3 is 2.75 bits per heavy atom. The number of rotatable bonds is 5. The van der Waals surface area contributed by atoms with Crippen molar-refractivity contribution in [2.24, 2.45) is 5.92 Å². The minimum Gasteiger partial charge on any atom is -0.396 e. The third kappa shape index (κ3) is 3.64. The molecule has 2 aromatic rings. The van der Waals surface area contributed by atoms with Crippen molar-refractivity contribution in [2.45, 2.75) is 51.5 Å². The molecule has 1 amide bonds. The monoisotopic (exact) mass is 328 g/mol. The quantitative estimate of drug-likeness (QED) is 0.883. The zero-order valence-electron chi connectivity index (χ0n) is 14.7. The van der Waals surface area contributed by atoms with Gasteiger partial charge in [-0.2, -0.15) is 0 Å². The van der Waals surface area contributed by atoms with Crippen LogP contribution >= 0.6 is 0 Å². The number of nitrogens with zero attached hydrogens (tertiary/aromatic N) is 1. The van der Waals surface area contributed by atoms with E-state index in [0.29, 0.717) is 18.4 Å². The van der Waals surface area contributed by atoms with Crippen molar-refractivity contribution in [1.29, 1.82) is 0 Å². The number of benzene rings is 1. The second kappa shape index (κ2) is 7.39. The van der Waals surface area contributed by atoms with Crippen molar-refractivity contribution in [2.75, 3.05) is 13.7 Å². The van der Waals surface area contributed by atoms with Crippen LogP contribution in [0.2, 0.25) is 0 Å². The van der Waals surface area contributed by atoms with Crippen molar-refractivity contribution in [3.8, 4) is 0 Å². The number of aromatic amines is 1. The van der Waals surface area contributed by atoms with Gasteiger partial charge in [0, 0.05) is 43.2 Å². The normalized spacial score (nSPS) is 21.1. The van der Waals surface area contributed by atoms with Crippen molar-refractivity contribution >= 4 is 16.8 Å². The highest BCUT2D eigenvalue weighted by Gasteiger charge is 2.26. The lowest BCUT2D eigenvalue weighted by atomic mass is 9.86. The van der Waals surface area contributed by atoms with Gasteiger partial charge in [-0.15, -0.1) is 0 Å². The lowest BCUT2D eigenvalue weighted by Gasteiger charge is -2.34. The molecule has 1 saturated carbocycles. The maximum Gasteiger partial charge on any atom is 0.222 e. The van der Waals surface area contributed by atoms with Gasteiger partial charge in [-0.05, 0) is 62.6 Å². The van der Waals surface area contributed by atoms with Crippen LogP contribution in [0.25, 0.3) is 10.9 Å². The van der Waals surface area contributed by atoms with E-state index in [1.54, 1.807) is 0 Å². The number of hydrogen-bond acceptors (Lipinski definition) is 2. The molecule has 0 unspecified atom stereocenters. The molecule has 1 aliphatic rings. The predicted octanol–water partition coefficient (Wildman–Crippen LogP) is 3.42. The van der Waals surface area contributed by atoms with Crippen molar-refractivity contribution in [1.82, 2.24) is 9.88 Å². The molecule has 0 saturated heterocycles. The molecule has 0 spiro atoms. The smallest absolute Gasteiger partial charge is 0.222 e. The average molecular weight is 328 g/mol. The van der Waals surface area contributed by atoms with Crippen molar-refractivity contribution in [3.05, 3.63) is 35.5 Å². The SMILES string of the molecule is Cc1ccc2[nH]cc(CCC(=O)N(C)C3CCC(CO)CC3)c2c1. The molecule has 0 bridgehead atoms. The molecule has 130 valence electrons. The van der Waals surface area contributed by atoms with Gasteiger partial charge in [-0.25, -0.2) is 0 Å². The summed E-state index contributed by atoms with van der Waals surface area (Å²) in [4.78, 5) is 17.8. The van der Waals surface area contributed by atoms with Crippen molar-refractivity contribution < 1.29 is 9.90 Å². The van der Waals surface area contributed by atoms with Crippen LogP contribution in [0, 0.1) is 12.8 Å². The molecule has 0 radical (unpaired) electrons. The fourth-order valence-electron chi connectivity index (χ4n) is 3.84. The molecule has 1 heterocycles. The Bertz CT molecular complexity index is 699. The summed E-state index contributed by atoms with van der Waals surface area (Å²) >= 11 is 0. The van der Waals surface area contributed by atoms with Gasteiger partial charge in [0.05, 0.1) is 0 Å². The van der Waals surface area contributed by atoms with E-state index in [1.807, 2.05) is 18.1 Å². The lowest BCUT2D eigenvalue weighted by molar-refractivity contribution is -0.132. The number of aliphatic hydroxyl groups excluding tert-OH is 1. The van der Waals surface area contributed by atoms with E-state index in [4.69, 9.17) is 0 Å². The minimum absolute atomic E-state index is 0.226. The summed E-state index contributed by atoms with van der Waals surface area (Å²) in [7, 11) is 1.94. The van der Waals surface area contributed by atoms with Gasteiger partial charge in [0.2, 0.25) is 5.91 Å². The maximum atomic E-state index is 12.6. The highest BCUT2D eigenvalue weighted by molar-refractivity contribution is 5.85. The first-order valence-corrected chi connectivity index (χ1v) is 9.01. The fraction of sp³-hybridized carbons (Fsp3) is 0.550. The summed E-state index contributed by atoms with van der Waals surface area (Å²) < 4.78 is 0. The minimum atomic E-state index is 0.226.